The van der Waals surface area contributed by atoms with Gasteiger partial charge in [0, 0.05) is 5.56 Å². The van der Waals surface area contributed by atoms with E-state index in [9.17, 15) is 0 Å². The van der Waals surface area contributed by atoms with Crippen LogP contribution in [0.2, 0.25) is 0 Å². The van der Waals surface area contributed by atoms with Gasteiger partial charge in [0.2, 0.25) is 11.8 Å². The number of hydrogen-bond acceptors (Lipinski definition) is 4. The number of rotatable bonds is 5. The standard InChI is InChI=1S/C18H18N2O2/c1-13-8-9-14(2)16(12-13)21-11-10-17-19-20-18(22-17)15-6-4-3-5-7-15/h3-9,12H,10-11H2,1-2H3. The monoisotopic (exact) mass is 294 g/mol. The SMILES string of the molecule is Cc1ccc(C)c(OCCc2nnc(-c3ccccc3)o2)c1. The Bertz CT molecular complexity index is 751. The molecule has 0 radical (unpaired) electrons. The number of benzene rings is 2. The van der Waals surface area contributed by atoms with E-state index < -0.39 is 0 Å². The summed E-state index contributed by atoms with van der Waals surface area (Å²) in [4.78, 5) is 0. The second-order valence-corrected chi connectivity index (χ2v) is 5.23. The summed E-state index contributed by atoms with van der Waals surface area (Å²) >= 11 is 0. The van der Waals surface area contributed by atoms with Crippen molar-refractivity contribution >= 4 is 0 Å². The van der Waals surface area contributed by atoms with Crippen LogP contribution in [0, 0.1) is 13.8 Å². The molecule has 1 heterocycles. The van der Waals surface area contributed by atoms with Crippen molar-refractivity contribution in [1.29, 1.82) is 0 Å². The Morgan fingerprint density at radius 1 is 1.00 bits per heavy atom. The van der Waals surface area contributed by atoms with Gasteiger partial charge in [-0.3, -0.25) is 0 Å². The van der Waals surface area contributed by atoms with E-state index in [0.29, 0.717) is 24.8 Å². The fourth-order valence-corrected chi connectivity index (χ4v) is 2.16. The van der Waals surface area contributed by atoms with Gasteiger partial charge in [0.25, 0.3) is 0 Å². The topological polar surface area (TPSA) is 48.2 Å². The van der Waals surface area contributed by atoms with E-state index in [0.717, 1.165) is 16.9 Å². The lowest BCUT2D eigenvalue weighted by Crippen LogP contribution is -2.03. The summed E-state index contributed by atoms with van der Waals surface area (Å²) in [6, 6.07) is 15.9. The molecular formula is C18H18N2O2. The maximum Gasteiger partial charge on any atom is 0.247 e. The zero-order valence-corrected chi connectivity index (χ0v) is 12.7. The minimum absolute atomic E-state index is 0.515. The molecule has 3 rings (SSSR count). The van der Waals surface area contributed by atoms with E-state index in [1.807, 2.05) is 43.3 Å². The van der Waals surface area contributed by atoms with Crippen LogP contribution in [0.4, 0.5) is 0 Å². The molecule has 0 spiro atoms. The predicted molar refractivity (Wildman–Crippen MR) is 84.8 cm³/mol. The third-order valence-electron chi connectivity index (χ3n) is 3.40. The lowest BCUT2D eigenvalue weighted by Gasteiger charge is -2.08. The molecule has 0 unspecified atom stereocenters. The van der Waals surface area contributed by atoms with Crippen LogP contribution in [0.3, 0.4) is 0 Å². The van der Waals surface area contributed by atoms with Gasteiger partial charge in [-0.15, -0.1) is 10.2 Å². The minimum Gasteiger partial charge on any atom is -0.493 e. The van der Waals surface area contributed by atoms with Gasteiger partial charge in [-0.1, -0.05) is 30.3 Å². The molecule has 1 aromatic heterocycles. The van der Waals surface area contributed by atoms with Crippen LogP contribution < -0.4 is 4.74 Å². The largest absolute Gasteiger partial charge is 0.493 e. The average Bonchev–Trinajstić information content (AvgIpc) is 3.00. The van der Waals surface area contributed by atoms with Crippen LogP contribution in [-0.2, 0) is 6.42 Å². The third kappa shape index (κ3) is 3.34. The van der Waals surface area contributed by atoms with E-state index in [2.05, 4.69) is 29.3 Å². The van der Waals surface area contributed by atoms with Crippen molar-refractivity contribution in [2.24, 2.45) is 0 Å². The van der Waals surface area contributed by atoms with Crippen molar-refractivity contribution in [1.82, 2.24) is 10.2 Å². The Hall–Kier alpha value is -2.62. The highest BCUT2D eigenvalue weighted by molar-refractivity contribution is 5.51. The molecule has 4 heteroatoms. The molecule has 0 saturated carbocycles. The molecule has 0 bridgehead atoms. The Morgan fingerprint density at radius 3 is 2.64 bits per heavy atom. The maximum absolute atomic E-state index is 5.81. The van der Waals surface area contributed by atoms with Crippen LogP contribution in [0.1, 0.15) is 17.0 Å². The van der Waals surface area contributed by atoms with E-state index in [-0.39, 0.29) is 0 Å². The van der Waals surface area contributed by atoms with Gasteiger partial charge in [-0.05, 0) is 43.2 Å². The van der Waals surface area contributed by atoms with Gasteiger partial charge < -0.3 is 9.15 Å². The molecule has 3 aromatic rings. The Labute approximate surface area is 129 Å². The van der Waals surface area contributed by atoms with Crippen LogP contribution >= 0.6 is 0 Å². The van der Waals surface area contributed by atoms with Gasteiger partial charge in [-0.25, -0.2) is 0 Å². The molecule has 0 N–H and O–H groups in total. The molecule has 22 heavy (non-hydrogen) atoms. The first kappa shape index (κ1) is 14.3. The van der Waals surface area contributed by atoms with Crippen molar-refractivity contribution in [2.45, 2.75) is 20.3 Å². The van der Waals surface area contributed by atoms with E-state index in [4.69, 9.17) is 9.15 Å². The maximum atomic E-state index is 5.81. The van der Waals surface area contributed by atoms with Gasteiger partial charge >= 0.3 is 0 Å². The summed E-state index contributed by atoms with van der Waals surface area (Å²) in [6.45, 7) is 4.60. The van der Waals surface area contributed by atoms with E-state index in [1.165, 1.54) is 5.56 Å². The molecule has 2 aromatic carbocycles. The van der Waals surface area contributed by atoms with Crippen molar-refractivity contribution < 1.29 is 9.15 Å². The molecule has 0 aliphatic heterocycles. The highest BCUT2D eigenvalue weighted by atomic mass is 16.5. The second-order valence-electron chi connectivity index (χ2n) is 5.23. The smallest absolute Gasteiger partial charge is 0.247 e. The van der Waals surface area contributed by atoms with Crippen LogP contribution in [0.5, 0.6) is 5.75 Å². The average molecular weight is 294 g/mol. The second kappa shape index (κ2) is 6.43. The lowest BCUT2D eigenvalue weighted by atomic mass is 10.1. The summed E-state index contributed by atoms with van der Waals surface area (Å²) < 4.78 is 11.5. The fraction of sp³-hybridized carbons (Fsp3) is 0.222. The highest BCUT2D eigenvalue weighted by Gasteiger charge is 2.08. The highest BCUT2D eigenvalue weighted by Crippen LogP contribution is 2.20. The molecule has 4 nitrogen and oxygen atoms in total. The zero-order valence-electron chi connectivity index (χ0n) is 12.7. The number of hydrogen-bond donors (Lipinski definition) is 0. The molecule has 0 saturated heterocycles. The first-order valence-corrected chi connectivity index (χ1v) is 7.30. The van der Waals surface area contributed by atoms with Gasteiger partial charge in [0.1, 0.15) is 5.75 Å². The molecule has 0 amide bonds. The van der Waals surface area contributed by atoms with Crippen molar-refractivity contribution in [3.8, 4) is 17.2 Å². The van der Waals surface area contributed by atoms with Crippen LogP contribution in [0.25, 0.3) is 11.5 Å². The zero-order chi connectivity index (χ0) is 15.4. The van der Waals surface area contributed by atoms with Gasteiger partial charge in [0.05, 0.1) is 13.0 Å². The summed E-state index contributed by atoms with van der Waals surface area (Å²) in [5.41, 5.74) is 3.24. The van der Waals surface area contributed by atoms with Crippen LogP contribution in [0.15, 0.2) is 52.9 Å². The quantitative estimate of drug-likeness (QED) is 0.714. The lowest BCUT2D eigenvalue weighted by molar-refractivity contribution is 0.305. The predicted octanol–water partition coefficient (Wildman–Crippen LogP) is 3.97. The van der Waals surface area contributed by atoms with Crippen molar-refractivity contribution in [3.63, 3.8) is 0 Å². The Balaban J connectivity index is 1.61. The summed E-state index contributed by atoms with van der Waals surface area (Å²) in [5, 5.41) is 8.14. The Kier molecular flexibility index (Phi) is 4.19. The van der Waals surface area contributed by atoms with Gasteiger partial charge in [0.15, 0.2) is 0 Å². The van der Waals surface area contributed by atoms with E-state index >= 15 is 0 Å². The molecular weight excluding hydrogens is 276 g/mol. The fourth-order valence-electron chi connectivity index (χ4n) is 2.16. The van der Waals surface area contributed by atoms with Crippen molar-refractivity contribution in [2.75, 3.05) is 6.61 Å². The first-order valence-electron chi connectivity index (χ1n) is 7.30. The Morgan fingerprint density at radius 2 is 1.82 bits per heavy atom. The normalized spacial score (nSPS) is 10.6. The number of nitrogens with zero attached hydrogens (tertiary/aromatic N) is 2. The minimum atomic E-state index is 0.515. The summed E-state index contributed by atoms with van der Waals surface area (Å²) in [6.07, 6.45) is 0.590. The van der Waals surface area contributed by atoms with E-state index in [1.54, 1.807) is 0 Å². The number of aryl methyl sites for hydroxylation is 2. The molecule has 112 valence electrons. The number of aromatic nitrogens is 2. The first-order chi connectivity index (χ1) is 10.7. The summed E-state index contributed by atoms with van der Waals surface area (Å²) in [7, 11) is 0. The van der Waals surface area contributed by atoms with Crippen molar-refractivity contribution in [3.05, 3.63) is 65.5 Å². The summed E-state index contributed by atoms with van der Waals surface area (Å²) in [5.74, 6) is 2.04. The van der Waals surface area contributed by atoms with Gasteiger partial charge in [-0.2, -0.15) is 0 Å². The van der Waals surface area contributed by atoms with Crippen LogP contribution in [-0.4, -0.2) is 16.8 Å². The molecule has 0 aliphatic carbocycles. The molecule has 0 atom stereocenters. The third-order valence-corrected chi connectivity index (χ3v) is 3.40. The molecule has 0 fully saturated rings. The number of ether oxygens (including phenoxy) is 1. The molecule has 0 aliphatic rings.